The summed E-state index contributed by atoms with van der Waals surface area (Å²) in [5, 5.41) is 9.53. The Morgan fingerprint density at radius 1 is 1.29 bits per heavy atom. The maximum atomic E-state index is 12.9. The second kappa shape index (κ2) is 5.94. The van der Waals surface area contributed by atoms with Crippen LogP contribution in [0.25, 0.3) is 0 Å². The van der Waals surface area contributed by atoms with E-state index in [-0.39, 0.29) is 12.6 Å². The minimum Gasteiger partial charge on any atom is -0.493 e. The molecule has 0 bridgehead atoms. The first kappa shape index (κ1) is 14.8. The molecule has 1 aromatic carbocycles. The summed E-state index contributed by atoms with van der Waals surface area (Å²) in [6, 6.07) is 4.76. The number of rotatable bonds is 3. The Morgan fingerprint density at radius 2 is 2.14 bits per heavy atom. The molecule has 3 rings (SSSR count). The third-order valence-electron chi connectivity index (χ3n) is 4.30. The molecule has 0 aromatic heterocycles. The number of fused-ring (bicyclic) bond motifs is 1. The standard InChI is InChI=1S/C15H21NO4S/c17-11-13-4-2-1-3-8-16(13)21(18,19)14-5-6-15-12(10-14)7-9-20-15/h5-6,10,13,17H,1-4,7-9,11H2. The number of benzene rings is 1. The molecule has 1 fully saturated rings. The van der Waals surface area contributed by atoms with E-state index in [0.717, 1.165) is 43.4 Å². The van der Waals surface area contributed by atoms with E-state index >= 15 is 0 Å². The third-order valence-corrected chi connectivity index (χ3v) is 6.25. The highest BCUT2D eigenvalue weighted by Gasteiger charge is 2.32. The van der Waals surface area contributed by atoms with Gasteiger partial charge in [-0.3, -0.25) is 0 Å². The van der Waals surface area contributed by atoms with E-state index in [2.05, 4.69) is 0 Å². The van der Waals surface area contributed by atoms with Crippen LogP contribution in [0, 0.1) is 0 Å². The fourth-order valence-electron chi connectivity index (χ4n) is 3.11. The highest BCUT2D eigenvalue weighted by molar-refractivity contribution is 7.89. The molecule has 1 aromatic rings. The van der Waals surface area contributed by atoms with Gasteiger partial charge in [-0.1, -0.05) is 12.8 Å². The van der Waals surface area contributed by atoms with Crippen LogP contribution < -0.4 is 4.74 Å². The van der Waals surface area contributed by atoms with Crippen molar-refractivity contribution in [3.63, 3.8) is 0 Å². The van der Waals surface area contributed by atoms with Gasteiger partial charge in [-0.2, -0.15) is 4.31 Å². The molecule has 0 aliphatic carbocycles. The van der Waals surface area contributed by atoms with Crippen molar-refractivity contribution >= 4 is 10.0 Å². The first-order valence-electron chi connectivity index (χ1n) is 7.51. The molecule has 5 nitrogen and oxygen atoms in total. The van der Waals surface area contributed by atoms with Crippen molar-refractivity contribution in [2.24, 2.45) is 0 Å². The zero-order valence-corrected chi connectivity index (χ0v) is 12.8. The molecule has 0 amide bonds. The van der Waals surface area contributed by atoms with Crippen molar-refractivity contribution in [2.45, 2.75) is 43.0 Å². The zero-order valence-electron chi connectivity index (χ0n) is 12.0. The summed E-state index contributed by atoms with van der Waals surface area (Å²) in [4.78, 5) is 0.312. The summed E-state index contributed by atoms with van der Waals surface area (Å²) < 4.78 is 32.7. The van der Waals surface area contributed by atoms with Gasteiger partial charge in [0.1, 0.15) is 5.75 Å². The summed E-state index contributed by atoms with van der Waals surface area (Å²) >= 11 is 0. The largest absolute Gasteiger partial charge is 0.493 e. The molecular formula is C15H21NO4S. The predicted molar refractivity (Wildman–Crippen MR) is 78.9 cm³/mol. The second-order valence-corrected chi connectivity index (χ2v) is 7.56. The summed E-state index contributed by atoms with van der Waals surface area (Å²) in [5.41, 5.74) is 0.950. The third kappa shape index (κ3) is 2.80. The average molecular weight is 311 g/mol. The number of hydrogen-bond donors (Lipinski definition) is 1. The van der Waals surface area contributed by atoms with Crippen LogP contribution in [0.15, 0.2) is 23.1 Å². The Bertz CT molecular complexity index is 614. The first-order valence-corrected chi connectivity index (χ1v) is 8.95. The van der Waals surface area contributed by atoms with Crippen molar-refractivity contribution in [1.82, 2.24) is 4.31 Å². The van der Waals surface area contributed by atoms with E-state index in [1.165, 1.54) is 4.31 Å². The van der Waals surface area contributed by atoms with Crippen LogP contribution in [0.2, 0.25) is 0 Å². The van der Waals surface area contributed by atoms with Crippen LogP contribution >= 0.6 is 0 Å². The Balaban J connectivity index is 1.94. The lowest BCUT2D eigenvalue weighted by Gasteiger charge is -2.27. The molecule has 21 heavy (non-hydrogen) atoms. The van der Waals surface area contributed by atoms with Crippen LogP contribution in [-0.4, -0.2) is 43.6 Å². The van der Waals surface area contributed by atoms with E-state index in [1.54, 1.807) is 18.2 Å². The van der Waals surface area contributed by atoms with Crippen LogP contribution in [0.5, 0.6) is 5.75 Å². The number of nitrogens with zero attached hydrogens (tertiary/aromatic N) is 1. The number of hydrogen-bond acceptors (Lipinski definition) is 4. The van der Waals surface area contributed by atoms with E-state index in [4.69, 9.17) is 4.74 Å². The molecule has 0 radical (unpaired) electrons. The van der Waals surface area contributed by atoms with Crippen molar-refractivity contribution in [3.05, 3.63) is 23.8 Å². The normalized spacial score (nSPS) is 23.4. The van der Waals surface area contributed by atoms with Gasteiger partial charge in [-0.25, -0.2) is 8.42 Å². The van der Waals surface area contributed by atoms with E-state index in [9.17, 15) is 13.5 Å². The minimum atomic E-state index is -3.55. The van der Waals surface area contributed by atoms with Crippen LogP contribution in [-0.2, 0) is 16.4 Å². The molecule has 2 heterocycles. The zero-order chi connectivity index (χ0) is 14.9. The van der Waals surface area contributed by atoms with Gasteiger partial charge in [0.05, 0.1) is 18.1 Å². The maximum Gasteiger partial charge on any atom is 0.243 e. The molecule has 1 unspecified atom stereocenters. The first-order chi connectivity index (χ1) is 10.1. The molecule has 0 spiro atoms. The number of aliphatic hydroxyl groups is 1. The van der Waals surface area contributed by atoms with Gasteiger partial charge in [0, 0.05) is 19.0 Å². The van der Waals surface area contributed by atoms with Crippen LogP contribution in [0.4, 0.5) is 0 Å². The van der Waals surface area contributed by atoms with Gasteiger partial charge in [-0.05, 0) is 36.6 Å². The Labute approximate surface area is 125 Å². The summed E-state index contributed by atoms with van der Waals surface area (Å²) in [6.07, 6.45) is 4.31. The molecule has 0 saturated carbocycles. The fraction of sp³-hybridized carbons (Fsp3) is 0.600. The van der Waals surface area contributed by atoms with Crippen LogP contribution in [0.3, 0.4) is 0 Å². The Morgan fingerprint density at radius 3 is 2.95 bits per heavy atom. The summed E-state index contributed by atoms with van der Waals surface area (Å²) in [5.74, 6) is 0.781. The fourth-order valence-corrected chi connectivity index (χ4v) is 4.84. The molecule has 1 saturated heterocycles. The molecule has 1 atom stereocenters. The van der Waals surface area contributed by atoms with Gasteiger partial charge < -0.3 is 9.84 Å². The van der Waals surface area contributed by atoms with Gasteiger partial charge in [0.15, 0.2) is 0 Å². The predicted octanol–water partition coefficient (Wildman–Crippen LogP) is 1.55. The average Bonchev–Trinajstić information content (AvgIpc) is 2.81. The van der Waals surface area contributed by atoms with E-state index < -0.39 is 10.0 Å². The second-order valence-electron chi connectivity index (χ2n) is 5.67. The van der Waals surface area contributed by atoms with E-state index in [0.29, 0.717) is 18.0 Å². The number of sulfonamides is 1. The van der Waals surface area contributed by atoms with Crippen molar-refractivity contribution in [2.75, 3.05) is 19.8 Å². The lowest BCUT2D eigenvalue weighted by molar-refractivity contribution is 0.186. The van der Waals surface area contributed by atoms with Crippen molar-refractivity contribution in [3.8, 4) is 5.75 Å². The molecule has 1 N–H and O–H groups in total. The SMILES string of the molecule is O=S(=O)(c1ccc2c(c1)CCO2)N1CCCCCC1CO. The Kier molecular flexibility index (Phi) is 4.19. The maximum absolute atomic E-state index is 12.9. The number of aliphatic hydroxyl groups excluding tert-OH is 1. The molecule has 2 aliphatic rings. The Hall–Kier alpha value is -1.11. The summed E-state index contributed by atoms with van der Waals surface area (Å²) in [7, 11) is -3.55. The van der Waals surface area contributed by atoms with Gasteiger partial charge in [0.25, 0.3) is 0 Å². The summed E-state index contributed by atoms with van der Waals surface area (Å²) in [6.45, 7) is 0.982. The topological polar surface area (TPSA) is 66.8 Å². The molecule has 2 aliphatic heterocycles. The molecule has 6 heteroatoms. The van der Waals surface area contributed by atoms with Crippen LogP contribution in [0.1, 0.15) is 31.2 Å². The van der Waals surface area contributed by atoms with Gasteiger partial charge in [0.2, 0.25) is 10.0 Å². The quantitative estimate of drug-likeness (QED) is 0.919. The highest BCUT2D eigenvalue weighted by Crippen LogP contribution is 2.30. The lowest BCUT2D eigenvalue weighted by Crippen LogP contribution is -2.42. The van der Waals surface area contributed by atoms with Crippen molar-refractivity contribution in [1.29, 1.82) is 0 Å². The smallest absolute Gasteiger partial charge is 0.243 e. The number of ether oxygens (including phenoxy) is 1. The van der Waals surface area contributed by atoms with E-state index in [1.807, 2.05) is 0 Å². The minimum absolute atomic E-state index is 0.118. The molecule has 116 valence electrons. The lowest BCUT2D eigenvalue weighted by atomic mass is 10.1. The monoisotopic (exact) mass is 311 g/mol. The molecular weight excluding hydrogens is 290 g/mol. The van der Waals surface area contributed by atoms with Gasteiger partial charge in [-0.15, -0.1) is 0 Å². The highest BCUT2D eigenvalue weighted by atomic mass is 32.2. The van der Waals surface area contributed by atoms with Crippen molar-refractivity contribution < 1.29 is 18.3 Å². The van der Waals surface area contributed by atoms with Gasteiger partial charge >= 0.3 is 0 Å².